The largest absolute Gasteiger partial charge is 0.506 e. The first-order chi connectivity index (χ1) is 15.9. The zero-order valence-electron chi connectivity index (χ0n) is 17.3. The van der Waals surface area contributed by atoms with Gasteiger partial charge in [0.15, 0.2) is 0 Å². The van der Waals surface area contributed by atoms with E-state index in [9.17, 15) is 36.2 Å². The van der Waals surface area contributed by atoms with E-state index in [0.29, 0.717) is 16.7 Å². The number of para-hydroxylation sites is 2. The lowest BCUT2D eigenvalue weighted by Gasteiger charge is -2.12. The second-order valence-electron chi connectivity index (χ2n) is 7.10. The fourth-order valence-corrected chi connectivity index (χ4v) is 3.02. The maximum absolute atomic E-state index is 12.9. The highest BCUT2D eigenvalue weighted by atomic mass is 19.4. The third kappa shape index (κ3) is 6.28. The van der Waals surface area contributed by atoms with E-state index in [4.69, 9.17) is 0 Å². The lowest BCUT2D eigenvalue weighted by Crippen LogP contribution is -2.07. The number of phenols is 1. The highest BCUT2D eigenvalue weighted by Gasteiger charge is 2.31. The standard InChI is InChI=1S/C25H17F6NO2/c26-24(27,28)18-12-8-16(9-13-18)20(17-10-14-19(15-11-17)25(29,30)31)4-3-7-23(34)32-21-5-1-2-6-22(21)33/h1-15,33H,(H,32,34)/b7-3+. The van der Waals surface area contributed by atoms with Crippen molar-refractivity contribution in [2.45, 2.75) is 12.4 Å². The maximum atomic E-state index is 12.9. The molecular weight excluding hydrogens is 460 g/mol. The molecule has 0 aliphatic carbocycles. The van der Waals surface area contributed by atoms with Crippen LogP contribution in [0.25, 0.3) is 5.57 Å². The molecule has 0 aliphatic rings. The number of hydrogen-bond donors (Lipinski definition) is 2. The van der Waals surface area contributed by atoms with Crippen LogP contribution in [0.5, 0.6) is 5.75 Å². The minimum Gasteiger partial charge on any atom is -0.506 e. The number of amides is 1. The maximum Gasteiger partial charge on any atom is 0.416 e. The number of anilines is 1. The summed E-state index contributed by atoms with van der Waals surface area (Å²) in [7, 11) is 0. The van der Waals surface area contributed by atoms with Crippen molar-refractivity contribution in [3.05, 3.63) is 113 Å². The molecule has 0 saturated carbocycles. The van der Waals surface area contributed by atoms with E-state index >= 15 is 0 Å². The van der Waals surface area contributed by atoms with Gasteiger partial charge in [0.1, 0.15) is 5.75 Å². The van der Waals surface area contributed by atoms with Crippen LogP contribution in [0.1, 0.15) is 22.3 Å². The molecule has 0 fully saturated rings. The molecular formula is C25H17F6NO2. The Bertz CT molecular complexity index is 1150. The topological polar surface area (TPSA) is 49.3 Å². The molecule has 0 aromatic heterocycles. The van der Waals surface area contributed by atoms with Crippen molar-refractivity contribution in [3.63, 3.8) is 0 Å². The third-order valence-electron chi connectivity index (χ3n) is 4.72. The smallest absolute Gasteiger partial charge is 0.416 e. The highest BCUT2D eigenvalue weighted by Crippen LogP contribution is 2.33. The molecule has 3 aromatic rings. The number of benzene rings is 3. The van der Waals surface area contributed by atoms with Crippen molar-refractivity contribution in [3.8, 4) is 5.75 Å². The van der Waals surface area contributed by atoms with Gasteiger partial charge in [0.05, 0.1) is 16.8 Å². The van der Waals surface area contributed by atoms with Crippen LogP contribution in [0, 0.1) is 0 Å². The van der Waals surface area contributed by atoms with Gasteiger partial charge in [-0.3, -0.25) is 4.79 Å². The Morgan fingerprint density at radius 1 is 0.735 bits per heavy atom. The van der Waals surface area contributed by atoms with Gasteiger partial charge in [-0.2, -0.15) is 26.3 Å². The summed E-state index contributed by atoms with van der Waals surface area (Å²) < 4.78 is 77.4. The van der Waals surface area contributed by atoms with Crippen LogP contribution in [-0.2, 0) is 17.1 Å². The average molecular weight is 477 g/mol. The molecule has 9 heteroatoms. The minimum atomic E-state index is -4.54. The molecule has 0 heterocycles. The molecule has 176 valence electrons. The van der Waals surface area contributed by atoms with E-state index in [2.05, 4.69) is 5.32 Å². The summed E-state index contributed by atoms with van der Waals surface area (Å²) in [6.45, 7) is 0. The Morgan fingerprint density at radius 3 is 1.65 bits per heavy atom. The van der Waals surface area contributed by atoms with Gasteiger partial charge in [0.2, 0.25) is 5.91 Å². The summed E-state index contributed by atoms with van der Waals surface area (Å²) >= 11 is 0. The normalized spacial score (nSPS) is 11.9. The number of aromatic hydroxyl groups is 1. The van der Waals surface area contributed by atoms with E-state index in [1.165, 1.54) is 48.6 Å². The van der Waals surface area contributed by atoms with Crippen LogP contribution in [0.4, 0.5) is 32.0 Å². The Labute approximate surface area is 190 Å². The van der Waals surface area contributed by atoms with Crippen molar-refractivity contribution >= 4 is 17.2 Å². The molecule has 0 saturated heterocycles. The second kappa shape index (κ2) is 9.86. The molecule has 3 rings (SSSR count). The van der Waals surface area contributed by atoms with E-state index in [-0.39, 0.29) is 11.4 Å². The number of nitrogens with one attached hydrogen (secondary N) is 1. The molecule has 34 heavy (non-hydrogen) atoms. The van der Waals surface area contributed by atoms with Crippen LogP contribution in [0.3, 0.4) is 0 Å². The Kier molecular flexibility index (Phi) is 7.14. The number of hydrogen-bond acceptors (Lipinski definition) is 2. The Balaban J connectivity index is 1.92. The lowest BCUT2D eigenvalue weighted by atomic mass is 9.95. The number of rotatable bonds is 5. The number of carbonyl (C=O) groups is 1. The minimum absolute atomic E-state index is 0.144. The molecule has 0 aliphatic heterocycles. The van der Waals surface area contributed by atoms with Crippen molar-refractivity contribution in [1.29, 1.82) is 0 Å². The van der Waals surface area contributed by atoms with Crippen molar-refractivity contribution in [1.82, 2.24) is 0 Å². The van der Waals surface area contributed by atoms with Gasteiger partial charge in [-0.1, -0.05) is 48.6 Å². The van der Waals surface area contributed by atoms with Gasteiger partial charge in [-0.05, 0) is 53.1 Å². The molecule has 0 spiro atoms. The molecule has 0 radical (unpaired) electrons. The van der Waals surface area contributed by atoms with Crippen molar-refractivity contribution < 1.29 is 36.2 Å². The number of alkyl halides is 6. The van der Waals surface area contributed by atoms with Crippen LogP contribution in [0.2, 0.25) is 0 Å². The number of allylic oxidation sites excluding steroid dienone is 2. The zero-order chi connectivity index (χ0) is 24.9. The van der Waals surface area contributed by atoms with Gasteiger partial charge in [0.25, 0.3) is 0 Å². The summed E-state index contributed by atoms with van der Waals surface area (Å²) in [5, 5.41) is 12.2. The van der Waals surface area contributed by atoms with Crippen molar-refractivity contribution in [2.24, 2.45) is 0 Å². The SMILES string of the molecule is O=C(/C=C/C=C(c1ccc(C(F)(F)F)cc1)c1ccc(C(F)(F)F)cc1)Nc1ccccc1O. The van der Waals surface area contributed by atoms with Crippen LogP contribution >= 0.6 is 0 Å². The fourth-order valence-electron chi connectivity index (χ4n) is 3.02. The van der Waals surface area contributed by atoms with Gasteiger partial charge in [-0.25, -0.2) is 0 Å². The molecule has 1 amide bonds. The zero-order valence-corrected chi connectivity index (χ0v) is 17.3. The monoisotopic (exact) mass is 477 g/mol. The molecule has 0 bridgehead atoms. The Morgan fingerprint density at radius 2 is 1.21 bits per heavy atom. The molecule has 3 aromatic carbocycles. The van der Waals surface area contributed by atoms with Crippen LogP contribution in [-0.4, -0.2) is 11.0 Å². The van der Waals surface area contributed by atoms with Crippen LogP contribution in [0.15, 0.2) is 91.0 Å². The van der Waals surface area contributed by atoms with Crippen molar-refractivity contribution in [2.75, 3.05) is 5.32 Å². The van der Waals surface area contributed by atoms with Gasteiger partial charge >= 0.3 is 12.4 Å². The fraction of sp³-hybridized carbons (Fsp3) is 0.0800. The molecule has 3 nitrogen and oxygen atoms in total. The quantitative estimate of drug-likeness (QED) is 0.179. The Hall–Kier alpha value is -4.01. The summed E-state index contributed by atoms with van der Waals surface area (Å²) in [5.74, 6) is -0.744. The molecule has 0 atom stereocenters. The predicted molar refractivity (Wildman–Crippen MR) is 116 cm³/mol. The molecule has 2 N–H and O–H groups in total. The third-order valence-corrected chi connectivity index (χ3v) is 4.72. The predicted octanol–water partition coefficient (Wildman–Crippen LogP) is 7.06. The van der Waals surface area contributed by atoms with Crippen LogP contribution < -0.4 is 5.32 Å². The summed E-state index contributed by atoms with van der Waals surface area (Å²) in [5.41, 5.74) is -0.667. The van der Waals surface area contributed by atoms with E-state index in [1.807, 2.05) is 0 Å². The average Bonchev–Trinajstić information content (AvgIpc) is 2.77. The van der Waals surface area contributed by atoms with Gasteiger partial charge in [0, 0.05) is 6.08 Å². The number of phenolic OH excluding ortho intramolecular Hbond substituents is 1. The molecule has 0 unspecified atom stereocenters. The van der Waals surface area contributed by atoms with E-state index < -0.39 is 29.4 Å². The first-order valence-electron chi connectivity index (χ1n) is 9.78. The highest BCUT2D eigenvalue weighted by molar-refractivity contribution is 6.00. The van der Waals surface area contributed by atoms with E-state index in [0.717, 1.165) is 30.3 Å². The van der Waals surface area contributed by atoms with Gasteiger partial charge < -0.3 is 10.4 Å². The number of carbonyl (C=O) groups excluding carboxylic acids is 1. The summed E-state index contributed by atoms with van der Waals surface area (Å²) in [6.07, 6.45) is -5.27. The van der Waals surface area contributed by atoms with E-state index in [1.54, 1.807) is 12.1 Å². The number of halogens is 6. The first kappa shape index (κ1) is 24.6. The summed E-state index contributed by atoms with van der Waals surface area (Å²) in [4.78, 5) is 12.1. The summed E-state index contributed by atoms with van der Waals surface area (Å²) in [6, 6.07) is 14.3. The lowest BCUT2D eigenvalue weighted by molar-refractivity contribution is -0.138. The van der Waals surface area contributed by atoms with Gasteiger partial charge in [-0.15, -0.1) is 0 Å². The first-order valence-corrected chi connectivity index (χ1v) is 9.78. The second-order valence-corrected chi connectivity index (χ2v) is 7.10.